The van der Waals surface area contributed by atoms with Crippen LogP contribution in [-0.2, 0) is 4.74 Å². The highest BCUT2D eigenvalue weighted by molar-refractivity contribution is 5.95. The molecule has 0 amide bonds. The monoisotopic (exact) mass is 254 g/mol. The average molecular weight is 254 g/mol. The second-order valence-electron chi connectivity index (χ2n) is 3.05. The van der Waals surface area contributed by atoms with Crippen molar-refractivity contribution in [2.45, 2.75) is 0 Å². The van der Waals surface area contributed by atoms with Crippen molar-refractivity contribution in [3.8, 4) is 0 Å². The number of benzene rings is 1. The lowest BCUT2D eigenvalue weighted by Crippen LogP contribution is -2.07. The molecule has 1 aromatic rings. The maximum atomic E-state index is 11.2. The van der Waals surface area contributed by atoms with E-state index in [4.69, 9.17) is 0 Å². The molecule has 0 saturated heterocycles. The van der Waals surface area contributed by atoms with Crippen LogP contribution in [0.3, 0.4) is 0 Å². The third kappa shape index (κ3) is 2.29. The lowest BCUT2D eigenvalue weighted by atomic mass is 10.1. The molecule has 94 valence electrons. The fraction of sp³-hybridized carbons (Fsp3) is 0.111. The summed E-state index contributed by atoms with van der Waals surface area (Å²) in [5.41, 5.74) is -2.71. The second kappa shape index (κ2) is 4.99. The maximum Gasteiger partial charge on any atom is 0.338 e. The van der Waals surface area contributed by atoms with Gasteiger partial charge in [-0.15, -0.1) is 0 Å². The molecule has 0 N–H and O–H groups in total. The molecule has 0 saturated carbocycles. The van der Waals surface area contributed by atoms with E-state index in [2.05, 4.69) is 4.74 Å². The molecule has 0 heterocycles. The maximum absolute atomic E-state index is 11.2. The molecule has 0 bridgehead atoms. The first kappa shape index (κ1) is 13.2. The highest BCUT2D eigenvalue weighted by atomic mass is 16.6. The zero-order valence-corrected chi connectivity index (χ0v) is 8.98. The van der Waals surface area contributed by atoms with Gasteiger partial charge >= 0.3 is 5.97 Å². The van der Waals surface area contributed by atoms with Crippen LogP contribution in [0.5, 0.6) is 0 Å². The van der Waals surface area contributed by atoms with Crippen LogP contribution in [0.1, 0.15) is 20.7 Å². The van der Waals surface area contributed by atoms with E-state index in [0.717, 1.165) is 19.2 Å². The Morgan fingerprint density at radius 1 is 1.22 bits per heavy atom. The smallest absolute Gasteiger partial charge is 0.338 e. The minimum absolute atomic E-state index is 0.00265. The molecule has 0 radical (unpaired) electrons. The zero-order valence-electron chi connectivity index (χ0n) is 8.98. The van der Waals surface area contributed by atoms with E-state index in [-0.39, 0.29) is 11.8 Å². The largest absolute Gasteiger partial charge is 0.465 e. The quantitative estimate of drug-likeness (QED) is 0.340. The van der Waals surface area contributed by atoms with Crippen LogP contribution < -0.4 is 0 Å². The molecule has 9 heteroatoms. The van der Waals surface area contributed by atoms with Crippen LogP contribution in [0.25, 0.3) is 0 Å². The first-order valence-corrected chi connectivity index (χ1v) is 4.42. The Labute approximate surface area is 99.3 Å². The number of hydrogen-bond acceptors (Lipinski definition) is 7. The van der Waals surface area contributed by atoms with Gasteiger partial charge in [0, 0.05) is 12.1 Å². The normalized spacial score (nSPS) is 9.61. The van der Waals surface area contributed by atoms with E-state index in [1.807, 2.05) is 0 Å². The second-order valence-corrected chi connectivity index (χ2v) is 3.05. The highest BCUT2D eigenvalue weighted by Crippen LogP contribution is 2.29. The predicted molar refractivity (Wildman–Crippen MR) is 56.5 cm³/mol. The fourth-order valence-electron chi connectivity index (χ4n) is 1.28. The number of carbonyl (C=O) groups is 2. The Balaban J connectivity index is 3.64. The summed E-state index contributed by atoms with van der Waals surface area (Å²) >= 11 is 0. The van der Waals surface area contributed by atoms with Crippen LogP contribution in [0, 0.1) is 20.2 Å². The first-order valence-electron chi connectivity index (χ1n) is 4.42. The Morgan fingerprint density at radius 2 is 1.67 bits per heavy atom. The van der Waals surface area contributed by atoms with Gasteiger partial charge in [-0.3, -0.25) is 25.0 Å². The molecule has 1 aromatic carbocycles. The van der Waals surface area contributed by atoms with Gasteiger partial charge in [-0.05, 0) is 0 Å². The molecule has 0 aliphatic carbocycles. The number of carbonyl (C=O) groups excluding carboxylic acids is 2. The Bertz CT molecular complexity index is 517. The lowest BCUT2D eigenvalue weighted by Gasteiger charge is -2.02. The summed E-state index contributed by atoms with van der Waals surface area (Å²) in [5, 5.41) is 21.4. The topological polar surface area (TPSA) is 130 Å². The third-order valence-electron chi connectivity index (χ3n) is 2.07. The van der Waals surface area contributed by atoms with Gasteiger partial charge in [0.15, 0.2) is 11.8 Å². The molecule has 18 heavy (non-hydrogen) atoms. The number of nitro groups is 2. The van der Waals surface area contributed by atoms with Crippen molar-refractivity contribution >= 4 is 23.6 Å². The van der Waals surface area contributed by atoms with Crippen LogP contribution in [0.2, 0.25) is 0 Å². The molecular weight excluding hydrogens is 248 g/mol. The summed E-state index contributed by atoms with van der Waals surface area (Å²) in [7, 11) is 1.02. The Kier molecular flexibility index (Phi) is 3.67. The van der Waals surface area contributed by atoms with Crippen molar-refractivity contribution < 1.29 is 24.2 Å². The molecule has 0 unspecified atom stereocenters. The number of esters is 1. The summed E-state index contributed by atoms with van der Waals surface area (Å²) in [5.74, 6) is -0.973. The van der Waals surface area contributed by atoms with E-state index in [0.29, 0.717) is 0 Å². The van der Waals surface area contributed by atoms with Gasteiger partial charge in [0.25, 0.3) is 11.4 Å². The number of nitrogens with zero attached hydrogens (tertiary/aromatic N) is 2. The zero-order chi connectivity index (χ0) is 13.9. The molecule has 0 atom stereocenters. The first-order chi connectivity index (χ1) is 8.42. The number of aldehydes is 1. The third-order valence-corrected chi connectivity index (χ3v) is 2.07. The number of nitro benzene ring substituents is 2. The van der Waals surface area contributed by atoms with Crippen molar-refractivity contribution in [2.24, 2.45) is 0 Å². The molecule has 0 aliphatic rings. The van der Waals surface area contributed by atoms with Crippen molar-refractivity contribution in [3.05, 3.63) is 43.5 Å². The van der Waals surface area contributed by atoms with E-state index in [1.54, 1.807) is 0 Å². The van der Waals surface area contributed by atoms with Gasteiger partial charge in [-0.25, -0.2) is 4.79 Å². The van der Waals surface area contributed by atoms with Gasteiger partial charge in [0.1, 0.15) is 0 Å². The number of methoxy groups -OCH3 is 1. The van der Waals surface area contributed by atoms with Gasteiger partial charge in [0.2, 0.25) is 0 Å². The number of hydrogen-bond donors (Lipinski definition) is 0. The van der Waals surface area contributed by atoms with Crippen LogP contribution in [0.4, 0.5) is 11.4 Å². The van der Waals surface area contributed by atoms with Gasteiger partial charge in [-0.2, -0.15) is 0 Å². The summed E-state index contributed by atoms with van der Waals surface area (Å²) in [4.78, 5) is 41.3. The van der Waals surface area contributed by atoms with Gasteiger partial charge in [-0.1, -0.05) is 0 Å². The van der Waals surface area contributed by atoms with E-state index < -0.39 is 32.8 Å². The Morgan fingerprint density at radius 3 is 1.94 bits per heavy atom. The van der Waals surface area contributed by atoms with Gasteiger partial charge in [0.05, 0.1) is 22.5 Å². The Hall–Kier alpha value is -2.84. The molecule has 9 nitrogen and oxygen atoms in total. The summed E-state index contributed by atoms with van der Waals surface area (Å²) in [6.07, 6.45) is -0.00265. The summed E-state index contributed by atoms with van der Waals surface area (Å²) in [6, 6.07) is 1.51. The van der Waals surface area contributed by atoms with Crippen LogP contribution >= 0.6 is 0 Å². The fourth-order valence-corrected chi connectivity index (χ4v) is 1.28. The highest BCUT2D eigenvalue weighted by Gasteiger charge is 2.28. The average Bonchev–Trinajstić information content (AvgIpc) is 2.35. The molecule has 0 aromatic heterocycles. The molecule has 0 fully saturated rings. The predicted octanol–water partition coefficient (Wildman–Crippen LogP) is 1.10. The van der Waals surface area contributed by atoms with Crippen molar-refractivity contribution in [3.63, 3.8) is 0 Å². The van der Waals surface area contributed by atoms with Crippen LogP contribution in [0.15, 0.2) is 12.1 Å². The van der Waals surface area contributed by atoms with Crippen molar-refractivity contribution in [2.75, 3.05) is 7.11 Å². The minimum Gasteiger partial charge on any atom is -0.465 e. The number of ether oxygens (including phenoxy) is 1. The molecule has 0 aliphatic heterocycles. The minimum atomic E-state index is -0.983. The summed E-state index contributed by atoms with van der Waals surface area (Å²) < 4.78 is 4.31. The van der Waals surface area contributed by atoms with Crippen molar-refractivity contribution in [1.82, 2.24) is 0 Å². The van der Waals surface area contributed by atoms with Crippen molar-refractivity contribution in [1.29, 1.82) is 0 Å². The lowest BCUT2D eigenvalue weighted by molar-refractivity contribution is -0.394. The van der Waals surface area contributed by atoms with E-state index in [9.17, 15) is 29.8 Å². The van der Waals surface area contributed by atoms with Gasteiger partial charge < -0.3 is 4.74 Å². The van der Waals surface area contributed by atoms with E-state index in [1.165, 1.54) is 0 Å². The standard InChI is InChI=1S/C9H6N2O7/c1-18-9(13)5-2-7(10(14)15)6(4-12)8(3-5)11(16)17/h2-4H,1H3. The molecule has 1 rings (SSSR count). The number of rotatable bonds is 4. The summed E-state index contributed by atoms with van der Waals surface area (Å²) in [6.45, 7) is 0. The molecule has 0 spiro atoms. The van der Waals surface area contributed by atoms with Crippen LogP contribution in [-0.4, -0.2) is 29.2 Å². The van der Waals surface area contributed by atoms with E-state index >= 15 is 0 Å². The SMILES string of the molecule is COC(=O)c1cc([N+](=O)[O-])c(C=O)c([N+](=O)[O-])c1. The molecular formula is C9H6N2O7.